The van der Waals surface area contributed by atoms with Gasteiger partial charge in [0.15, 0.2) is 0 Å². The summed E-state index contributed by atoms with van der Waals surface area (Å²) in [5.74, 6) is 0. The molecule has 12 aromatic carbocycles. The molecule has 1 aliphatic rings. The van der Waals surface area contributed by atoms with Crippen LogP contribution in [-0.2, 0) is 5.41 Å². The van der Waals surface area contributed by atoms with Crippen molar-refractivity contribution < 1.29 is 0 Å². The number of hydrogen-bond donors (Lipinski definition) is 0. The van der Waals surface area contributed by atoms with E-state index in [2.05, 4.69) is 325 Å². The molecular weight excluding hydrogens is 905 g/mol. The van der Waals surface area contributed by atoms with Crippen LogP contribution < -0.4 is 9.80 Å². The van der Waals surface area contributed by atoms with E-state index in [1.807, 2.05) is 0 Å². The first-order chi connectivity index (χ1) is 37.2. The maximum absolute atomic E-state index is 2.45. The van der Waals surface area contributed by atoms with Crippen LogP contribution in [-0.4, -0.2) is 0 Å². The van der Waals surface area contributed by atoms with Crippen LogP contribution in [0.2, 0.25) is 0 Å². The molecule has 1 atom stereocenters. The van der Waals surface area contributed by atoms with Crippen molar-refractivity contribution >= 4 is 34.1 Å². The van der Waals surface area contributed by atoms with E-state index >= 15 is 0 Å². The summed E-state index contributed by atoms with van der Waals surface area (Å²) in [4.78, 5) is 4.83. The fourth-order valence-corrected chi connectivity index (χ4v) is 11.4. The Morgan fingerprint density at radius 2 is 0.493 bits per heavy atom. The van der Waals surface area contributed by atoms with Gasteiger partial charge in [0.1, 0.15) is 0 Å². The van der Waals surface area contributed by atoms with Crippen molar-refractivity contribution in [3.8, 4) is 55.6 Å². The molecule has 0 amide bonds. The van der Waals surface area contributed by atoms with Crippen LogP contribution >= 0.6 is 0 Å². The second-order valence-electron chi connectivity index (χ2n) is 19.2. The number of rotatable bonds is 12. The van der Waals surface area contributed by atoms with Gasteiger partial charge in [0, 0.05) is 34.0 Å². The summed E-state index contributed by atoms with van der Waals surface area (Å²) in [7, 11) is 0. The van der Waals surface area contributed by atoms with E-state index in [0.717, 1.165) is 34.1 Å². The van der Waals surface area contributed by atoms with Crippen molar-refractivity contribution in [2.24, 2.45) is 0 Å². The van der Waals surface area contributed by atoms with Gasteiger partial charge in [-0.05, 0) is 139 Å². The van der Waals surface area contributed by atoms with Gasteiger partial charge in [-0.2, -0.15) is 0 Å². The van der Waals surface area contributed by atoms with Crippen molar-refractivity contribution in [1.29, 1.82) is 0 Å². The maximum atomic E-state index is 2.45. The lowest BCUT2D eigenvalue weighted by Crippen LogP contribution is -2.28. The topological polar surface area (TPSA) is 6.48 Å². The van der Waals surface area contributed by atoms with Crippen LogP contribution in [0.3, 0.4) is 0 Å². The highest BCUT2D eigenvalue weighted by atomic mass is 15.1. The van der Waals surface area contributed by atoms with Crippen LogP contribution in [0.15, 0.2) is 315 Å². The van der Waals surface area contributed by atoms with Crippen LogP contribution in [0.5, 0.6) is 0 Å². The number of hydrogen-bond acceptors (Lipinski definition) is 2. The molecule has 0 spiro atoms. The lowest BCUT2D eigenvalue weighted by Gasteiger charge is -2.35. The largest absolute Gasteiger partial charge is 0.311 e. The predicted molar refractivity (Wildman–Crippen MR) is 315 cm³/mol. The van der Waals surface area contributed by atoms with Crippen molar-refractivity contribution in [2.75, 3.05) is 9.80 Å². The Hall–Kier alpha value is -9.76. The number of benzene rings is 12. The van der Waals surface area contributed by atoms with E-state index in [4.69, 9.17) is 0 Å². The van der Waals surface area contributed by atoms with Crippen molar-refractivity contribution in [1.82, 2.24) is 0 Å². The van der Waals surface area contributed by atoms with E-state index < -0.39 is 5.41 Å². The molecule has 0 radical (unpaired) electrons. The maximum Gasteiger partial charge on any atom is 0.0714 e. The van der Waals surface area contributed by atoms with Gasteiger partial charge in [-0.3, -0.25) is 0 Å². The molecule has 75 heavy (non-hydrogen) atoms. The summed E-state index contributed by atoms with van der Waals surface area (Å²) >= 11 is 0. The summed E-state index contributed by atoms with van der Waals surface area (Å²) in [5, 5.41) is 0. The molecule has 0 bridgehead atoms. The predicted octanol–water partition coefficient (Wildman–Crippen LogP) is 19.7. The standard InChI is InChI=1S/C73H52N2/c1-6-19-53(20-7-1)57-33-43-63(44-34-57)74(64-45-35-58(36-46-64)54-21-8-2-9-22-54)65-51-41-62(42-52-65)73(61-27-14-5-15-28-61)69-30-17-16-29-68(69)72-70(73)31-18-32-71(72)75(66-47-37-59(38-48-66)55-23-10-3-11-24-55)67-49-39-60(40-50-67)56-25-12-4-13-26-56/h1-52H. The van der Waals surface area contributed by atoms with Gasteiger partial charge >= 0.3 is 0 Å². The minimum absolute atomic E-state index is 0.638. The van der Waals surface area contributed by atoms with Crippen LogP contribution in [0.25, 0.3) is 55.6 Å². The quantitative estimate of drug-likeness (QED) is 0.120. The zero-order valence-electron chi connectivity index (χ0n) is 41.4. The Labute approximate surface area is 440 Å². The minimum atomic E-state index is -0.638. The summed E-state index contributed by atoms with van der Waals surface area (Å²) in [5.41, 5.74) is 22.8. The average Bonchev–Trinajstić information content (AvgIpc) is 3.98. The van der Waals surface area contributed by atoms with Gasteiger partial charge in [0.25, 0.3) is 0 Å². The molecule has 1 unspecified atom stereocenters. The van der Waals surface area contributed by atoms with E-state index in [9.17, 15) is 0 Å². The van der Waals surface area contributed by atoms with Gasteiger partial charge in [-0.1, -0.05) is 249 Å². The van der Waals surface area contributed by atoms with Crippen molar-refractivity contribution in [2.45, 2.75) is 5.41 Å². The summed E-state index contributed by atoms with van der Waals surface area (Å²) in [6.45, 7) is 0. The monoisotopic (exact) mass is 956 g/mol. The highest BCUT2D eigenvalue weighted by Crippen LogP contribution is 2.60. The first kappa shape index (κ1) is 45.1. The lowest BCUT2D eigenvalue weighted by atomic mass is 9.67. The first-order valence-corrected chi connectivity index (χ1v) is 25.8. The highest BCUT2D eigenvalue weighted by molar-refractivity contribution is 5.98. The van der Waals surface area contributed by atoms with Gasteiger partial charge in [-0.15, -0.1) is 0 Å². The van der Waals surface area contributed by atoms with Crippen LogP contribution in [0.1, 0.15) is 22.3 Å². The smallest absolute Gasteiger partial charge is 0.0714 e. The van der Waals surface area contributed by atoms with E-state index in [1.165, 1.54) is 77.9 Å². The third-order valence-electron chi connectivity index (χ3n) is 15.0. The molecule has 0 fully saturated rings. The average molecular weight is 957 g/mol. The molecule has 354 valence electrons. The third-order valence-corrected chi connectivity index (χ3v) is 15.0. The van der Waals surface area contributed by atoms with Gasteiger partial charge < -0.3 is 9.80 Å². The van der Waals surface area contributed by atoms with E-state index in [-0.39, 0.29) is 0 Å². The highest BCUT2D eigenvalue weighted by Gasteiger charge is 2.47. The lowest BCUT2D eigenvalue weighted by molar-refractivity contribution is 0.768. The molecule has 2 nitrogen and oxygen atoms in total. The summed E-state index contributed by atoms with van der Waals surface area (Å²) in [6, 6.07) is 115. The zero-order valence-corrected chi connectivity index (χ0v) is 41.4. The fraction of sp³-hybridized carbons (Fsp3) is 0.0137. The Balaban J connectivity index is 0.968. The first-order valence-electron chi connectivity index (χ1n) is 25.8. The summed E-state index contributed by atoms with van der Waals surface area (Å²) < 4.78 is 0. The Morgan fingerprint density at radius 1 is 0.200 bits per heavy atom. The van der Waals surface area contributed by atoms with E-state index in [1.54, 1.807) is 0 Å². The number of anilines is 6. The molecule has 0 heterocycles. The van der Waals surface area contributed by atoms with Crippen LogP contribution in [0.4, 0.5) is 34.1 Å². The molecule has 0 N–H and O–H groups in total. The number of nitrogens with zero attached hydrogens (tertiary/aromatic N) is 2. The molecule has 2 heteroatoms. The van der Waals surface area contributed by atoms with Gasteiger partial charge in [0.2, 0.25) is 0 Å². The number of fused-ring (bicyclic) bond motifs is 3. The SMILES string of the molecule is c1ccc(-c2ccc(N(c3ccc(-c4ccccc4)cc3)c3ccc(C4(c5ccccc5)c5ccccc5-c5c(N(c6ccc(-c7ccccc7)cc6)c6ccc(-c7ccccc7)cc6)cccc54)cc3)cc2)cc1. The molecule has 12 aromatic rings. The van der Waals surface area contributed by atoms with Crippen molar-refractivity contribution in [3.05, 3.63) is 338 Å². The van der Waals surface area contributed by atoms with Crippen molar-refractivity contribution in [3.63, 3.8) is 0 Å². The Morgan fingerprint density at radius 3 is 0.893 bits per heavy atom. The second-order valence-corrected chi connectivity index (χ2v) is 19.2. The zero-order chi connectivity index (χ0) is 50.0. The molecule has 0 aliphatic heterocycles. The molecule has 13 rings (SSSR count). The second kappa shape index (κ2) is 19.7. The summed E-state index contributed by atoms with van der Waals surface area (Å²) in [6.07, 6.45) is 0. The minimum Gasteiger partial charge on any atom is -0.311 e. The fourth-order valence-electron chi connectivity index (χ4n) is 11.4. The molecular formula is C73H52N2. The van der Waals surface area contributed by atoms with Crippen LogP contribution in [0, 0.1) is 0 Å². The van der Waals surface area contributed by atoms with Gasteiger partial charge in [-0.25, -0.2) is 0 Å². The molecule has 0 saturated heterocycles. The third kappa shape index (κ3) is 8.29. The Bertz CT molecular complexity index is 3690. The Kier molecular flexibility index (Phi) is 11.8. The molecule has 0 saturated carbocycles. The van der Waals surface area contributed by atoms with E-state index in [0.29, 0.717) is 0 Å². The normalized spacial score (nSPS) is 13.4. The molecule has 0 aromatic heterocycles. The van der Waals surface area contributed by atoms with Gasteiger partial charge in [0.05, 0.1) is 11.1 Å². The molecule has 1 aliphatic carbocycles.